The number of rotatable bonds is 0. The highest BCUT2D eigenvalue weighted by molar-refractivity contribution is 5.19. The molecule has 1 aliphatic heterocycles. The number of hydrogen-bond donors (Lipinski definition) is 0. The molecule has 0 aromatic heterocycles. The lowest BCUT2D eigenvalue weighted by Crippen LogP contribution is -2.19. The van der Waals surface area contributed by atoms with Gasteiger partial charge in [0, 0.05) is 13.6 Å². The standard InChI is InChI=1S/C7H10FN/c1-6-3-4-7(8)9(2)5-6/h3-4H,5H2,1-2H3. The van der Waals surface area contributed by atoms with Crippen molar-refractivity contribution >= 4 is 0 Å². The minimum Gasteiger partial charge on any atom is -0.348 e. The quantitative estimate of drug-likeness (QED) is 0.447. The first-order valence-corrected chi connectivity index (χ1v) is 2.94. The van der Waals surface area contributed by atoms with E-state index in [2.05, 4.69) is 0 Å². The van der Waals surface area contributed by atoms with Crippen molar-refractivity contribution < 1.29 is 4.39 Å². The third kappa shape index (κ3) is 1.31. The molecule has 0 aromatic rings. The minimum absolute atomic E-state index is 0.152. The topological polar surface area (TPSA) is 3.24 Å². The first-order valence-electron chi connectivity index (χ1n) is 2.94. The van der Waals surface area contributed by atoms with E-state index in [9.17, 15) is 4.39 Å². The van der Waals surface area contributed by atoms with Gasteiger partial charge in [0.05, 0.1) is 0 Å². The predicted molar refractivity (Wildman–Crippen MR) is 35.6 cm³/mol. The van der Waals surface area contributed by atoms with E-state index >= 15 is 0 Å². The third-order valence-corrected chi connectivity index (χ3v) is 1.36. The molecule has 0 bridgehead atoms. The van der Waals surface area contributed by atoms with Gasteiger partial charge in [0.15, 0.2) is 5.95 Å². The number of hydrogen-bond acceptors (Lipinski definition) is 1. The zero-order chi connectivity index (χ0) is 6.85. The van der Waals surface area contributed by atoms with Crippen molar-refractivity contribution in [1.82, 2.24) is 4.90 Å². The van der Waals surface area contributed by atoms with Crippen LogP contribution < -0.4 is 0 Å². The van der Waals surface area contributed by atoms with E-state index < -0.39 is 0 Å². The van der Waals surface area contributed by atoms with Crippen molar-refractivity contribution in [2.75, 3.05) is 13.6 Å². The lowest BCUT2D eigenvalue weighted by Gasteiger charge is -2.19. The summed E-state index contributed by atoms with van der Waals surface area (Å²) >= 11 is 0. The van der Waals surface area contributed by atoms with Crippen molar-refractivity contribution in [3.05, 3.63) is 23.7 Å². The van der Waals surface area contributed by atoms with Gasteiger partial charge in [-0.2, -0.15) is 4.39 Å². The second-order valence-electron chi connectivity index (χ2n) is 2.36. The van der Waals surface area contributed by atoms with E-state index in [4.69, 9.17) is 0 Å². The molecule has 0 fully saturated rings. The maximum atomic E-state index is 12.5. The van der Waals surface area contributed by atoms with Gasteiger partial charge in [-0.1, -0.05) is 11.6 Å². The smallest absolute Gasteiger partial charge is 0.189 e. The predicted octanol–water partition coefficient (Wildman–Crippen LogP) is 1.69. The van der Waals surface area contributed by atoms with Gasteiger partial charge >= 0.3 is 0 Å². The van der Waals surface area contributed by atoms with Gasteiger partial charge in [-0.3, -0.25) is 0 Å². The maximum Gasteiger partial charge on any atom is 0.189 e. The van der Waals surface area contributed by atoms with Crippen LogP contribution in [0, 0.1) is 0 Å². The van der Waals surface area contributed by atoms with Crippen LogP contribution in [0.25, 0.3) is 0 Å². The number of halogens is 1. The first kappa shape index (κ1) is 6.33. The average Bonchev–Trinajstić information content (AvgIpc) is 1.80. The van der Waals surface area contributed by atoms with Crippen molar-refractivity contribution in [3.8, 4) is 0 Å². The summed E-state index contributed by atoms with van der Waals surface area (Å²) in [5, 5.41) is 0. The minimum atomic E-state index is -0.152. The van der Waals surface area contributed by atoms with Crippen molar-refractivity contribution in [2.45, 2.75) is 6.92 Å². The van der Waals surface area contributed by atoms with Gasteiger partial charge in [-0.15, -0.1) is 0 Å². The Morgan fingerprint density at radius 3 is 2.67 bits per heavy atom. The number of nitrogens with zero attached hydrogens (tertiary/aromatic N) is 1. The summed E-state index contributed by atoms with van der Waals surface area (Å²) in [5.41, 5.74) is 1.19. The van der Waals surface area contributed by atoms with E-state index in [1.54, 1.807) is 18.0 Å². The van der Waals surface area contributed by atoms with Crippen LogP contribution in [0.2, 0.25) is 0 Å². The molecule has 0 N–H and O–H groups in total. The molecule has 2 heteroatoms. The van der Waals surface area contributed by atoms with E-state index in [1.807, 2.05) is 6.92 Å². The van der Waals surface area contributed by atoms with Crippen LogP contribution in [0.4, 0.5) is 4.39 Å². The van der Waals surface area contributed by atoms with Crippen LogP contribution in [-0.2, 0) is 0 Å². The Labute approximate surface area is 54.5 Å². The lowest BCUT2D eigenvalue weighted by atomic mass is 10.2. The van der Waals surface area contributed by atoms with Crippen molar-refractivity contribution in [2.24, 2.45) is 0 Å². The molecule has 1 heterocycles. The zero-order valence-electron chi connectivity index (χ0n) is 5.69. The highest BCUT2D eigenvalue weighted by Crippen LogP contribution is 2.11. The van der Waals surface area contributed by atoms with Gasteiger partial charge in [0.1, 0.15) is 0 Å². The molecule has 1 rings (SSSR count). The molecule has 50 valence electrons. The van der Waals surface area contributed by atoms with Crippen LogP contribution in [0.15, 0.2) is 23.7 Å². The molecule has 0 spiro atoms. The third-order valence-electron chi connectivity index (χ3n) is 1.36. The van der Waals surface area contributed by atoms with Crippen LogP contribution in [0.5, 0.6) is 0 Å². The summed E-state index contributed by atoms with van der Waals surface area (Å²) in [6, 6.07) is 0. The lowest BCUT2D eigenvalue weighted by molar-refractivity contribution is 0.335. The molecule has 0 unspecified atom stereocenters. The van der Waals surface area contributed by atoms with Crippen LogP contribution in [0.3, 0.4) is 0 Å². The second kappa shape index (κ2) is 2.21. The molecule has 0 saturated heterocycles. The summed E-state index contributed by atoms with van der Waals surface area (Å²) in [7, 11) is 1.74. The van der Waals surface area contributed by atoms with E-state index in [0.717, 1.165) is 0 Å². The largest absolute Gasteiger partial charge is 0.348 e. The van der Waals surface area contributed by atoms with Gasteiger partial charge in [0.25, 0.3) is 0 Å². The molecule has 0 aromatic carbocycles. The van der Waals surface area contributed by atoms with E-state index in [0.29, 0.717) is 6.54 Å². The molecule has 1 nitrogen and oxygen atoms in total. The summed E-state index contributed by atoms with van der Waals surface area (Å²) in [6.45, 7) is 2.70. The Morgan fingerprint density at radius 1 is 1.56 bits per heavy atom. The van der Waals surface area contributed by atoms with Crippen LogP contribution in [-0.4, -0.2) is 18.5 Å². The Balaban J connectivity index is 2.74. The van der Waals surface area contributed by atoms with Crippen LogP contribution >= 0.6 is 0 Å². The fourth-order valence-corrected chi connectivity index (χ4v) is 0.841. The SMILES string of the molecule is CC1=CC=C(F)N(C)C1. The fraction of sp³-hybridized carbons (Fsp3) is 0.429. The highest BCUT2D eigenvalue weighted by Gasteiger charge is 2.06. The van der Waals surface area contributed by atoms with Gasteiger partial charge < -0.3 is 4.90 Å². The molecule has 1 aliphatic rings. The van der Waals surface area contributed by atoms with E-state index in [-0.39, 0.29) is 5.95 Å². The number of allylic oxidation sites excluding steroid dienone is 2. The van der Waals surface area contributed by atoms with Gasteiger partial charge in [-0.05, 0) is 13.0 Å². The van der Waals surface area contributed by atoms with Crippen LogP contribution in [0.1, 0.15) is 6.92 Å². The Morgan fingerprint density at radius 2 is 2.22 bits per heavy atom. The van der Waals surface area contributed by atoms with Gasteiger partial charge in [0.2, 0.25) is 0 Å². The second-order valence-corrected chi connectivity index (χ2v) is 2.36. The highest BCUT2D eigenvalue weighted by atomic mass is 19.1. The molecular weight excluding hydrogens is 117 g/mol. The normalized spacial score (nSPS) is 19.2. The molecule has 0 saturated carbocycles. The van der Waals surface area contributed by atoms with Gasteiger partial charge in [-0.25, -0.2) is 0 Å². The molecule has 0 amide bonds. The summed E-state index contributed by atoms with van der Waals surface area (Å²) in [6.07, 6.45) is 3.29. The fourth-order valence-electron chi connectivity index (χ4n) is 0.841. The Hall–Kier alpha value is -0.790. The zero-order valence-corrected chi connectivity index (χ0v) is 5.69. The Bertz CT molecular complexity index is 170. The summed E-state index contributed by atoms with van der Waals surface area (Å²) < 4.78 is 12.5. The first-order chi connectivity index (χ1) is 4.20. The Kier molecular flexibility index (Phi) is 1.56. The monoisotopic (exact) mass is 127 g/mol. The molecular formula is C7H10FN. The average molecular weight is 127 g/mol. The summed E-state index contributed by atoms with van der Waals surface area (Å²) in [5.74, 6) is -0.152. The number of likely N-dealkylation sites (N-methyl/N-ethyl adjacent to an activating group) is 1. The van der Waals surface area contributed by atoms with Crippen molar-refractivity contribution in [1.29, 1.82) is 0 Å². The molecule has 9 heavy (non-hydrogen) atoms. The molecule has 0 aliphatic carbocycles. The van der Waals surface area contributed by atoms with E-state index in [1.165, 1.54) is 11.6 Å². The van der Waals surface area contributed by atoms with Crippen molar-refractivity contribution in [3.63, 3.8) is 0 Å². The maximum absolute atomic E-state index is 12.5. The molecule has 0 atom stereocenters. The summed E-state index contributed by atoms with van der Waals surface area (Å²) in [4.78, 5) is 1.58. The molecule has 0 radical (unpaired) electrons.